The van der Waals surface area contributed by atoms with Crippen molar-refractivity contribution in [3.8, 4) is 11.1 Å². The summed E-state index contributed by atoms with van der Waals surface area (Å²) in [6.07, 6.45) is -0.305. The van der Waals surface area contributed by atoms with Crippen molar-refractivity contribution in [1.29, 1.82) is 0 Å². The van der Waals surface area contributed by atoms with E-state index in [1.807, 2.05) is 56.3 Å². The lowest BCUT2D eigenvalue weighted by atomic mass is 10.0. The molecule has 0 aromatic heterocycles. The number of amides is 1. The van der Waals surface area contributed by atoms with Crippen LogP contribution < -0.4 is 5.32 Å². The standard InChI is InChI=1S/C25H26N2O4S/c1-18-16-27(17-19(2)31-18)32(29,30)24-14-12-23(13-15-24)26-25(28)22-10-8-21(9-11-22)20-6-4-3-5-7-20/h3-15,18-19H,16-17H2,1-2H3,(H,26,28). The summed E-state index contributed by atoms with van der Waals surface area (Å²) in [7, 11) is -3.62. The lowest BCUT2D eigenvalue weighted by molar-refractivity contribution is -0.0440. The van der Waals surface area contributed by atoms with Gasteiger partial charge in [0.05, 0.1) is 17.1 Å². The molecule has 166 valence electrons. The van der Waals surface area contributed by atoms with E-state index in [0.29, 0.717) is 24.3 Å². The molecule has 32 heavy (non-hydrogen) atoms. The van der Waals surface area contributed by atoms with Gasteiger partial charge in [0.1, 0.15) is 0 Å². The molecule has 0 saturated carbocycles. The molecule has 6 nitrogen and oxygen atoms in total. The lowest BCUT2D eigenvalue weighted by Gasteiger charge is -2.34. The van der Waals surface area contributed by atoms with Gasteiger partial charge in [0.15, 0.2) is 0 Å². The van der Waals surface area contributed by atoms with Crippen molar-refractivity contribution in [2.75, 3.05) is 18.4 Å². The Morgan fingerprint density at radius 3 is 2.00 bits per heavy atom. The van der Waals surface area contributed by atoms with Crippen molar-refractivity contribution in [2.45, 2.75) is 31.0 Å². The molecule has 7 heteroatoms. The zero-order valence-electron chi connectivity index (χ0n) is 18.1. The van der Waals surface area contributed by atoms with Crippen LogP contribution in [0.5, 0.6) is 0 Å². The van der Waals surface area contributed by atoms with Gasteiger partial charge in [-0.2, -0.15) is 4.31 Å². The molecular formula is C25H26N2O4S. The molecule has 1 saturated heterocycles. The number of morpholine rings is 1. The molecule has 0 radical (unpaired) electrons. The summed E-state index contributed by atoms with van der Waals surface area (Å²) in [4.78, 5) is 12.8. The summed E-state index contributed by atoms with van der Waals surface area (Å²) in [5.41, 5.74) is 3.17. The molecule has 1 fully saturated rings. The topological polar surface area (TPSA) is 75.7 Å². The van der Waals surface area contributed by atoms with E-state index in [9.17, 15) is 13.2 Å². The Bertz CT molecular complexity index is 1170. The number of anilines is 1. The molecule has 1 heterocycles. The maximum atomic E-state index is 13.0. The Balaban J connectivity index is 1.44. The highest BCUT2D eigenvalue weighted by atomic mass is 32.2. The molecule has 0 bridgehead atoms. The Kier molecular flexibility index (Phi) is 6.41. The van der Waals surface area contributed by atoms with E-state index in [1.54, 1.807) is 24.3 Å². The average Bonchev–Trinajstić information content (AvgIpc) is 2.79. The first-order valence-corrected chi connectivity index (χ1v) is 12.0. The van der Waals surface area contributed by atoms with E-state index in [-0.39, 0.29) is 23.0 Å². The number of nitrogens with zero attached hydrogens (tertiary/aromatic N) is 1. The predicted octanol–water partition coefficient (Wildman–Crippen LogP) is 4.40. The van der Waals surface area contributed by atoms with Crippen LogP contribution in [0.3, 0.4) is 0 Å². The van der Waals surface area contributed by atoms with Gasteiger partial charge in [0, 0.05) is 24.3 Å². The first kappa shape index (κ1) is 22.2. The number of benzene rings is 3. The van der Waals surface area contributed by atoms with Crippen molar-refractivity contribution in [2.24, 2.45) is 0 Å². The molecule has 1 aliphatic rings. The van der Waals surface area contributed by atoms with Gasteiger partial charge in [0.2, 0.25) is 10.0 Å². The fourth-order valence-corrected chi connectivity index (χ4v) is 5.42. The minimum absolute atomic E-state index is 0.152. The maximum Gasteiger partial charge on any atom is 0.255 e. The van der Waals surface area contributed by atoms with Crippen LogP contribution in [0.2, 0.25) is 0 Å². The second-order valence-electron chi connectivity index (χ2n) is 8.00. The van der Waals surface area contributed by atoms with Crippen molar-refractivity contribution in [3.05, 3.63) is 84.4 Å². The van der Waals surface area contributed by atoms with Crippen molar-refractivity contribution in [1.82, 2.24) is 4.31 Å². The number of carbonyl (C=O) groups is 1. The largest absolute Gasteiger partial charge is 0.373 e. The van der Waals surface area contributed by atoms with Crippen molar-refractivity contribution in [3.63, 3.8) is 0 Å². The summed E-state index contributed by atoms with van der Waals surface area (Å²) in [6.45, 7) is 4.38. The summed E-state index contributed by atoms with van der Waals surface area (Å²) in [6, 6.07) is 23.6. The summed E-state index contributed by atoms with van der Waals surface area (Å²) in [5, 5.41) is 2.82. The Hall–Kier alpha value is -3.00. The van der Waals surface area contributed by atoms with Gasteiger partial charge >= 0.3 is 0 Å². The van der Waals surface area contributed by atoms with E-state index in [0.717, 1.165) is 11.1 Å². The summed E-state index contributed by atoms with van der Waals surface area (Å²) < 4.78 is 33.0. The third-order valence-corrected chi connectivity index (χ3v) is 7.24. The van der Waals surface area contributed by atoms with Crippen molar-refractivity contribution >= 4 is 21.6 Å². The Morgan fingerprint density at radius 1 is 0.844 bits per heavy atom. The number of sulfonamides is 1. The van der Waals surface area contributed by atoms with Crippen LogP contribution in [0.1, 0.15) is 24.2 Å². The molecule has 2 unspecified atom stereocenters. The zero-order chi connectivity index (χ0) is 22.7. The molecule has 0 spiro atoms. The zero-order valence-corrected chi connectivity index (χ0v) is 18.9. The first-order chi connectivity index (χ1) is 15.3. The second kappa shape index (κ2) is 9.24. The predicted molar refractivity (Wildman–Crippen MR) is 125 cm³/mol. The van der Waals surface area contributed by atoms with Crippen LogP contribution in [0.15, 0.2) is 83.8 Å². The highest BCUT2D eigenvalue weighted by Gasteiger charge is 2.32. The van der Waals surface area contributed by atoms with Gasteiger partial charge in [-0.3, -0.25) is 4.79 Å². The van der Waals surface area contributed by atoms with Gasteiger partial charge in [-0.25, -0.2) is 8.42 Å². The minimum Gasteiger partial charge on any atom is -0.373 e. The smallest absolute Gasteiger partial charge is 0.255 e. The van der Waals surface area contributed by atoms with Gasteiger partial charge < -0.3 is 10.1 Å². The van der Waals surface area contributed by atoms with E-state index in [2.05, 4.69) is 5.32 Å². The van der Waals surface area contributed by atoms with Crippen LogP contribution in [0.4, 0.5) is 5.69 Å². The van der Waals surface area contributed by atoms with Crippen LogP contribution >= 0.6 is 0 Å². The number of hydrogen-bond acceptors (Lipinski definition) is 4. The first-order valence-electron chi connectivity index (χ1n) is 10.6. The molecule has 4 rings (SSSR count). The van der Waals surface area contributed by atoms with Crippen LogP contribution in [-0.4, -0.2) is 43.9 Å². The fraction of sp³-hybridized carbons (Fsp3) is 0.240. The monoisotopic (exact) mass is 450 g/mol. The highest BCUT2D eigenvalue weighted by Crippen LogP contribution is 2.23. The quantitative estimate of drug-likeness (QED) is 0.625. The lowest BCUT2D eigenvalue weighted by Crippen LogP contribution is -2.48. The highest BCUT2D eigenvalue weighted by molar-refractivity contribution is 7.89. The number of hydrogen-bond donors (Lipinski definition) is 1. The van der Waals surface area contributed by atoms with E-state index < -0.39 is 10.0 Å². The molecular weight excluding hydrogens is 424 g/mol. The van der Waals surface area contributed by atoms with Gasteiger partial charge in [-0.1, -0.05) is 42.5 Å². The van der Waals surface area contributed by atoms with E-state index in [4.69, 9.17) is 4.74 Å². The van der Waals surface area contributed by atoms with Crippen molar-refractivity contribution < 1.29 is 17.9 Å². The number of nitrogens with one attached hydrogen (secondary N) is 1. The summed E-state index contributed by atoms with van der Waals surface area (Å²) in [5.74, 6) is -0.254. The van der Waals surface area contributed by atoms with Gasteiger partial charge in [-0.05, 0) is 61.4 Å². The second-order valence-corrected chi connectivity index (χ2v) is 9.94. The molecule has 1 amide bonds. The Morgan fingerprint density at radius 2 is 1.41 bits per heavy atom. The van der Waals surface area contributed by atoms with Crippen LogP contribution in [0.25, 0.3) is 11.1 Å². The third kappa shape index (κ3) is 4.91. The van der Waals surface area contributed by atoms with E-state index in [1.165, 1.54) is 16.4 Å². The number of rotatable bonds is 5. The van der Waals surface area contributed by atoms with Crippen LogP contribution in [0, 0.1) is 0 Å². The molecule has 3 aromatic rings. The number of ether oxygens (including phenoxy) is 1. The molecule has 0 aliphatic carbocycles. The van der Waals surface area contributed by atoms with E-state index >= 15 is 0 Å². The third-order valence-electron chi connectivity index (χ3n) is 5.39. The van der Waals surface area contributed by atoms with Crippen LogP contribution in [-0.2, 0) is 14.8 Å². The number of carbonyl (C=O) groups excluding carboxylic acids is 1. The average molecular weight is 451 g/mol. The molecule has 1 aliphatic heterocycles. The van der Waals surface area contributed by atoms with Gasteiger partial charge in [0.25, 0.3) is 5.91 Å². The van der Waals surface area contributed by atoms with Gasteiger partial charge in [-0.15, -0.1) is 0 Å². The molecule has 2 atom stereocenters. The normalized spacial score (nSPS) is 19.4. The fourth-order valence-electron chi connectivity index (χ4n) is 3.83. The SMILES string of the molecule is CC1CN(S(=O)(=O)c2ccc(NC(=O)c3ccc(-c4ccccc4)cc3)cc2)CC(C)O1. The Labute approximate surface area is 188 Å². The minimum atomic E-state index is -3.62. The maximum absolute atomic E-state index is 13.0. The molecule has 1 N–H and O–H groups in total. The molecule has 3 aromatic carbocycles. The summed E-state index contributed by atoms with van der Waals surface area (Å²) >= 11 is 0.